The average molecular weight is 492 g/mol. The summed E-state index contributed by atoms with van der Waals surface area (Å²) >= 11 is 7.70. The fourth-order valence-electron chi connectivity index (χ4n) is 4.53. The van der Waals surface area contributed by atoms with Gasteiger partial charge >= 0.3 is 11.9 Å². The van der Waals surface area contributed by atoms with Crippen LogP contribution in [0.15, 0.2) is 46.0 Å². The van der Waals surface area contributed by atoms with Gasteiger partial charge < -0.3 is 15.2 Å². The van der Waals surface area contributed by atoms with E-state index in [2.05, 4.69) is 10.3 Å². The highest BCUT2D eigenvalue weighted by Crippen LogP contribution is 2.42. The van der Waals surface area contributed by atoms with Gasteiger partial charge in [0.1, 0.15) is 11.9 Å². The van der Waals surface area contributed by atoms with Crippen molar-refractivity contribution < 1.29 is 23.8 Å². The summed E-state index contributed by atoms with van der Waals surface area (Å²) in [6.07, 6.45) is 4.66. The number of ether oxygens (including phenoxy) is 1. The summed E-state index contributed by atoms with van der Waals surface area (Å²) in [4.78, 5) is 33.2. The number of nitrogens with zero attached hydrogens (tertiary/aromatic N) is 2. The molecule has 174 valence electrons. The molecule has 2 aromatic rings. The normalized spacial score (nSPS) is 23.0. The number of aromatic nitrogens is 1. The van der Waals surface area contributed by atoms with E-state index < -0.39 is 23.8 Å². The summed E-state index contributed by atoms with van der Waals surface area (Å²) in [5, 5.41) is 14.8. The van der Waals surface area contributed by atoms with Crippen molar-refractivity contribution in [3.63, 3.8) is 0 Å². The van der Waals surface area contributed by atoms with E-state index in [-0.39, 0.29) is 28.9 Å². The Morgan fingerprint density at radius 3 is 2.70 bits per heavy atom. The largest absolute Gasteiger partial charge is 0.481 e. The molecule has 0 spiro atoms. The van der Waals surface area contributed by atoms with Gasteiger partial charge in [-0.15, -0.1) is 11.3 Å². The van der Waals surface area contributed by atoms with Gasteiger partial charge in [0.2, 0.25) is 0 Å². The Morgan fingerprint density at radius 2 is 2.06 bits per heavy atom. The molecule has 2 heterocycles. The number of thiazole rings is 1. The number of hydrogen-bond acceptors (Lipinski definition) is 7. The first-order valence-corrected chi connectivity index (χ1v) is 11.9. The molecule has 33 heavy (non-hydrogen) atoms. The lowest BCUT2D eigenvalue weighted by atomic mass is 9.77. The first-order chi connectivity index (χ1) is 15.9. The monoisotopic (exact) mass is 491 g/mol. The summed E-state index contributed by atoms with van der Waals surface area (Å²) in [5.74, 6) is -1.43. The van der Waals surface area contributed by atoms with Crippen LogP contribution in [0.1, 0.15) is 48.7 Å². The minimum Gasteiger partial charge on any atom is -0.481 e. The molecule has 1 fully saturated rings. The number of carbonyl (C=O) groups is 2. The Bertz CT molecular complexity index is 1110. The maximum Gasteiger partial charge on any atom is 0.338 e. The van der Waals surface area contributed by atoms with Crippen LogP contribution in [0.5, 0.6) is 0 Å². The minimum atomic E-state index is -0.868. The highest BCUT2D eigenvalue weighted by atomic mass is 35.5. The van der Waals surface area contributed by atoms with Crippen molar-refractivity contribution in [2.75, 3.05) is 7.11 Å². The van der Waals surface area contributed by atoms with Gasteiger partial charge in [-0.2, -0.15) is 0 Å². The van der Waals surface area contributed by atoms with Crippen molar-refractivity contribution in [1.29, 1.82) is 0 Å². The van der Waals surface area contributed by atoms with E-state index in [1.165, 1.54) is 30.6 Å². The number of carbonyl (C=O) groups excluding carboxylic acids is 1. The van der Waals surface area contributed by atoms with Gasteiger partial charge in [-0.25, -0.2) is 14.2 Å². The molecule has 4 rings (SSSR count). The summed E-state index contributed by atoms with van der Waals surface area (Å²) in [6.45, 7) is 0. The summed E-state index contributed by atoms with van der Waals surface area (Å²) < 4.78 is 19.4. The van der Waals surface area contributed by atoms with Crippen molar-refractivity contribution in [3.05, 3.63) is 62.5 Å². The van der Waals surface area contributed by atoms with E-state index in [4.69, 9.17) is 26.4 Å². The molecule has 0 saturated heterocycles. The van der Waals surface area contributed by atoms with Crippen molar-refractivity contribution in [2.45, 2.75) is 38.1 Å². The van der Waals surface area contributed by atoms with Crippen LogP contribution >= 0.6 is 22.9 Å². The minimum absolute atomic E-state index is 0.0376. The van der Waals surface area contributed by atoms with Gasteiger partial charge in [-0.3, -0.25) is 9.79 Å². The smallest absolute Gasteiger partial charge is 0.338 e. The van der Waals surface area contributed by atoms with Gasteiger partial charge in [0.25, 0.3) is 0 Å². The lowest BCUT2D eigenvalue weighted by Crippen LogP contribution is -2.38. The van der Waals surface area contributed by atoms with Crippen LogP contribution in [0, 0.1) is 17.7 Å². The second-order valence-corrected chi connectivity index (χ2v) is 9.39. The van der Waals surface area contributed by atoms with Crippen molar-refractivity contribution in [3.8, 4) is 0 Å². The highest BCUT2D eigenvalue weighted by molar-refractivity contribution is 7.11. The van der Waals surface area contributed by atoms with E-state index in [0.29, 0.717) is 34.9 Å². The number of nitrogens with one attached hydrogen (secondary N) is 1. The van der Waals surface area contributed by atoms with Gasteiger partial charge in [0.15, 0.2) is 10.8 Å². The number of aliphatic carboxylic acids is 1. The van der Waals surface area contributed by atoms with E-state index >= 15 is 0 Å². The van der Waals surface area contributed by atoms with Crippen molar-refractivity contribution in [1.82, 2.24) is 10.3 Å². The fourth-order valence-corrected chi connectivity index (χ4v) is 5.35. The van der Waals surface area contributed by atoms with Crippen LogP contribution in [0.4, 0.5) is 4.39 Å². The van der Waals surface area contributed by atoms with Crippen LogP contribution < -0.4 is 5.32 Å². The summed E-state index contributed by atoms with van der Waals surface area (Å²) in [5.41, 5.74) is 1.30. The summed E-state index contributed by atoms with van der Waals surface area (Å²) in [7, 11) is 1.29. The molecule has 2 N–H and O–H groups in total. The van der Waals surface area contributed by atoms with E-state index in [9.17, 15) is 14.0 Å². The number of aliphatic imine (C=N–C) groups is 1. The van der Waals surface area contributed by atoms with Crippen LogP contribution in [0.3, 0.4) is 0 Å². The number of halogens is 2. The predicted molar refractivity (Wildman–Crippen MR) is 123 cm³/mol. The number of esters is 1. The molecular weight excluding hydrogens is 469 g/mol. The number of amidine groups is 1. The Labute approximate surface area is 199 Å². The van der Waals surface area contributed by atoms with Crippen molar-refractivity contribution >= 4 is 40.7 Å². The van der Waals surface area contributed by atoms with Crippen LogP contribution in [0.2, 0.25) is 5.02 Å². The Morgan fingerprint density at radius 1 is 1.30 bits per heavy atom. The van der Waals surface area contributed by atoms with E-state index in [1.807, 2.05) is 5.38 Å². The number of benzene rings is 1. The lowest BCUT2D eigenvalue weighted by molar-refractivity contribution is -0.138. The maximum absolute atomic E-state index is 14.3. The number of allylic oxidation sites excluding steroid dienone is 1. The SMILES string of the molecule is COC(=O)C1=C([C@H]2CC[C@H](CC(=O)O)CC2)NC(c2nccs2)=NC1c1cccc(F)c1Cl. The zero-order chi connectivity index (χ0) is 23.5. The quantitative estimate of drug-likeness (QED) is 0.566. The molecule has 0 amide bonds. The van der Waals surface area contributed by atoms with Crippen molar-refractivity contribution in [2.24, 2.45) is 16.8 Å². The molecule has 0 bridgehead atoms. The molecule has 1 aliphatic carbocycles. The molecular formula is C23H23ClFN3O4S. The first kappa shape index (κ1) is 23.4. The number of methoxy groups -OCH3 is 1. The van der Waals surface area contributed by atoms with Crippen LogP contribution in [0.25, 0.3) is 0 Å². The Hall–Kier alpha value is -2.78. The molecule has 1 unspecified atom stereocenters. The van der Waals surface area contributed by atoms with E-state index in [0.717, 1.165) is 12.8 Å². The van der Waals surface area contributed by atoms with Gasteiger partial charge in [0.05, 0.1) is 17.7 Å². The zero-order valence-electron chi connectivity index (χ0n) is 17.9. The third-order valence-corrected chi connectivity index (χ3v) is 7.29. The van der Waals surface area contributed by atoms with Gasteiger partial charge in [0, 0.05) is 29.3 Å². The van der Waals surface area contributed by atoms with Gasteiger partial charge in [-0.1, -0.05) is 23.7 Å². The molecule has 1 saturated carbocycles. The Kier molecular flexibility index (Phi) is 7.09. The topological polar surface area (TPSA) is 101 Å². The van der Waals surface area contributed by atoms with Crippen LogP contribution in [-0.4, -0.2) is 35.0 Å². The second kappa shape index (κ2) is 10.0. The third-order valence-electron chi connectivity index (χ3n) is 6.11. The standard InChI is InChI=1S/C23H23ClFN3O4S/c1-32-23(31)17-19(13-7-5-12(6-8-13)11-16(29)30)27-21(22-26-9-10-33-22)28-20(17)14-3-2-4-15(25)18(14)24/h2-4,9-10,12-13,20H,5-8,11H2,1H3,(H,27,28)(H,29,30)/t12-,13-,20?. The highest BCUT2D eigenvalue weighted by Gasteiger charge is 2.38. The molecule has 10 heteroatoms. The predicted octanol–water partition coefficient (Wildman–Crippen LogP) is 4.73. The molecule has 0 radical (unpaired) electrons. The first-order valence-electron chi connectivity index (χ1n) is 10.6. The zero-order valence-corrected chi connectivity index (χ0v) is 19.5. The molecule has 2 aliphatic rings. The lowest BCUT2D eigenvalue weighted by Gasteiger charge is -2.35. The van der Waals surface area contributed by atoms with E-state index in [1.54, 1.807) is 12.3 Å². The fraction of sp³-hybridized carbons (Fsp3) is 0.391. The molecule has 1 aromatic heterocycles. The molecule has 1 atom stereocenters. The van der Waals surface area contributed by atoms with Crippen LogP contribution in [-0.2, 0) is 14.3 Å². The number of hydrogen-bond donors (Lipinski definition) is 2. The average Bonchev–Trinajstić information content (AvgIpc) is 3.35. The second-order valence-electron chi connectivity index (χ2n) is 8.12. The third kappa shape index (κ3) is 4.94. The summed E-state index contributed by atoms with van der Waals surface area (Å²) in [6, 6.07) is 3.56. The molecule has 7 nitrogen and oxygen atoms in total. The number of carboxylic acid groups (broad SMARTS) is 1. The number of carboxylic acids is 1. The Balaban J connectivity index is 1.78. The van der Waals surface area contributed by atoms with Gasteiger partial charge in [-0.05, 0) is 43.6 Å². The molecule has 1 aliphatic heterocycles. The maximum atomic E-state index is 14.3. The number of rotatable bonds is 6. The molecule has 1 aromatic carbocycles.